The topological polar surface area (TPSA) is 21.3 Å². The average molecular weight is 318 g/mol. The summed E-state index contributed by atoms with van der Waals surface area (Å²) in [6, 6.07) is 4.72. The van der Waals surface area contributed by atoms with Gasteiger partial charge in [0.05, 0.1) is 0 Å². The lowest BCUT2D eigenvalue weighted by Crippen LogP contribution is -2.31. The van der Waals surface area contributed by atoms with Gasteiger partial charge in [-0.1, -0.05) is 31.5 Å². The second kappa shape index (κ2) is 7.53. The van der Waals surface area contributed by atoms with Crippen LogP contribution in [-0.4, -0.2) is 30.2 Å². The highest BCUT2D eigenvalue weighted by molar-refractivity contribution is 7.99. The van der Waals surface area contributed by atoms with Gasteiger partial charge in [0, 0.05) is 18.2 Å². The van der Waals surface area contributed by atoms with Gasteiger partial charge in [0.25, 0.3) is 0 Å². The fourth-order valence-corrected chi connectivity index (χ4v) is 3.37. The first-order chi connectivity index (χ1) is 9.58. The summed E-state index contributed by atoms with van der Waals surface area (Å²) in [6.07, 6.45) is 1.16. The van der Waals surface area contributed by atoms with Crippen molar-refractivity contribution in [3.63, 3.8) is 0 Å². The van der Waals surface area contributed by atoms with E-state index in [0.717, 1.165) is 25.3 Å². The normalized spacial score (nSPS) is 20.4. The summed E-state index contributed by atoms with van der Waals surface area (Å²) in [4.78, 5) is 0. The van der Waals surface area contributed by atoms with Crippen LogP contribution in [0.2, 0.25) is 5.02 Å². The summed E-state index contributed by atoms with van der Waals surface area (Å²) in [6.45, 7) is 6.32. The number of halogens is 2. The van der Waals surface area contributed by atoms with Gasteiger partial charge in [-0.2, -0.15) is 11.8 Å². The van der Waals surface area contributed by atoms with Crippen molar-refractivity contribution in [1.82, 2.24) is 5.32 Å². The fourth-order valence-electron chi connectivity index (χ4n) is 2.29. The lowest BCUT2D eigenvalue weighted by molar-refractivity contribution is 0.165. The number of thioether (sulfide) groups is 1. The highest BCUT2D eigenvalue weighted by atomic mass is 35.5. The van der Waals surface area contributed by atoms with E-state index >= 15 is 0 Å². The SMILES string of the molecule is CC(C)SC[C@H](Oc1cccc(F)c1Cl)[C@H]1CCNC1. The third kappa shape index (κ3) is 4.27. The predicted octanol–water partition coefficient (Wildman–Crippen LogP) is 3.98. The van der Waals surface area contributed by atoms with Crippen molar-refractivity contribution < 1.29 is 9.13 Å². The highest BCUT2D eigenvalue weighted by Crippen LogP contribution is 2.31. The number of ether oxygens (including phenoxy) is 1. The van der Waals surface area contributed by atoms with Crippen LogP contribution >= 0.6 is 23.4 Å². The Kier molecular flexibility index (Phi) is 6.00. The van der Waals surface area contributed by atoms with Crippen LogP contribution in [0.5, 0.6) is 5.75 Å². The molecule has 0 spiro atoms. The molecule has 2 atom stereocenters. The lowest BCUT2D eigenvalue weighted by atomic mass is 10.0. The van der Waals surface area contributed by atoms with Crippen LogP contribution in [0.3, 0.4) is 0 Å². The van der Waals surface area contributed by atoms with Crippen molar-refractivity contribution in [2.24, 2.45) is 5.92 Å². The van der Waals surface area contributed by atoms with Crippen LogP contribution in [0, 0.1) is 11.7 Å². The van der Waals surface area contributed by atoms with Crippen LogP contribution in [0.4, 0.5) is 4.39 Å². The lowest BCUT2D eigenvalue weighted by Gasteiger charge is -2.25. The average Bonchev–Trinajstić information content (AvgIpc) is 2.93. The van der Waals surface area contributed by atoms with Crippen LogP contribution < -0.4 is 10.1 Å². The summed E-state index contributed by atoms with van der Waals surface area (Å²) in [5.74, 6) is 1.38. The Bertz CT molecular complexity index is 438. The molecule has 2 rings (SSSR count). The first-order valence-electron chi connectivity index (χ1n) is 7.01. The van der Waals surface area contributed by atoms with E-state index < -0.39 is 5.82 Å². The monoisotopic (exact) mass is 317 g/mol. The quantitative estimate of drug-likeness (QED) is 0.857. The van der Waals surface area contributed by atoms with Gasteiger partial charge in [0.15, 0.2) is 0 Å². The predicted molar refractivity (Wildman–Crippen MR) is 84.4 cm³/mol. The van der Waals surface area contributed by atoms with Gasteiger partial charge < -0.3 is 10.1 Å². The molecule has 1 saturated heterocycles. The zero-order chi connectivity index (χ0) is 14.5. The van der Waals surface area contributed by atoms with Crippen molar-refractivity contribution in [2.75, 3.05) is 18.8 Å². The molecular formula is C15H21ClFNOS. The van der Waals surface area contributed by atoms with Crippen molar-refractivity contribution in [3.8, 4) is 5.75 Å². The molecule has 20 heavy (non-hydrogen) atoms. The molecule has 1 heterocycles. The van der Waals surface area contributed by atoms with E-state index in [9.17, 15) is 4.39 Å². The Hall–Kier alpha value is -0.450. The Morgan fingerprint density at radius 2 is 2.30 bits per heavy atom. The molecular weight excluding hydrogens is 297 g/mol. The Morgan fingerprint density at radius 1 is 1.50 bits per heavy atom. The summed E-state index contributed by atoms with van der Waals surface area (Å²) in [5.41, 5.74) is 0. The molecule has 0 amide bonds. The van der Waals surface area contributed by atoms with E-state index in [1.54, 1.807) is 12.1 Å². The molecule has 1 aliphatic rings. The van der Waals surface area contributed by atoms with E-state index in [4.69, 9.17) is 16.3 Å². The molecule has 1 aromatic rings. The Morgan fingerprint density at radius 3 is 2.95 bits per heavy atom. The molecule has 0 aromatic heterocycles. The molecule has 112 valence electrons. The molecule has 0 unspecified atom stereocenters. The summed E-state index contributed by atoms with van der Waals surface area (Å²) in [7, 11) is 0. The van der Waals surface area contributed by atoms with E-state index in [0.29, 0.717) is 16.9 Å². The zero-order valence-corrected chi connectivity index (χ0v) is 13.4. The maximum Gasteiger partial charge on any atom is 0.145 e. The van der Waals surface area contributed by atoms with Gasteiger partial charge in [0.2, 0.25) is 0 Å². The van der Waals surface area contributed by atoms with Gasteiger partial charge in [-0.05, 0) is 30.3 Å². The molecule has 2 nitrogen and oxygen atoms in total. The number of rotatable bonds is 6. The minimum atomic E-state index is -0.427. The van der Waals surface area contributed by atoms with Gasteiger partial charge in [0.1, 0.15) is 22.7 Å². The largest absolute Gasteiger partial charge is 0.488 e. The second-order valence-electron chi connectivity index (χ2n) is 5.34. The second-order valence-corrected chi connectivity index (χ2v) is 7.33. The van der Waals surface area contributed by atoms with E-state index in [1.807, 2.05) is 11.8 Å². The smallest absolute Gasteiger partial charge is 0.145 e. The molecule has 0 aliphatic carbocycles. The maximum atomic E-state index is 13.5. The van der Waals surface area contributed by atoms with Crippen molar-refractivity contribution >= 4 is 23.4 Å². The molecule has 0 radical (unpaired) electrons. The summed E-state index contributed by atoms with van der Waals surface area (Å²) in [5, 5.41) is 3.99. The third-order valence-corrected chi connectivity index (χ3v) is 4.97. The number of hydrogen-bond donors (Lipinski definition) is 1. The van der Waals surface area contributed by atoms with Gasteiger partial charge in [-0.25, -0.2) is 4.39 Å². The maximum absolute atomic E-state index is 13.5. The number of nitrogens with one attached hydrogen (secondary N) is 1. The molecule has 1 aliphatic heterocycles. The van der Waals surface area contributed by atoms with Gasteiger partial charge >= 0.3 is 0 Å². The third-order valence-electron chi connectivity index (χ3n) is 3.41. The minimum absolute atomic E-state index is 0.0664. The first-order valence-corrected chi connectivity index (χ1v) is 8.43. The fraction of sp³-hybridized carbons (Fsp3) is 0.600. The van der Waals surface area contributed by atoms with Crippen molar-refractivity contribution in [1.29, 1.82) is 0 Å². The minimum Gasteiger partial charge on any atom is -0.488 e. The van der Waals surface area contributed by atoms with Gasteiger partial charge in [-0.15, -0.1) is 0 Å². The Labute approximate surface area is 129 Å². The van der Waals surface area contributed by atoms with E-state index in [1.165, 1.54) is 6.07 Å². The van der Waals surface area contributed by atoms with Crippen LogP contribution in [0.1, 0.15) is 20.3 Å². The zero-order valence-electron chi connectivity index (χ0n) is 11.9. The number of benzene rings is 1. The van der Waals surface area contributed by atoms with Crippen LogP contribution in [0.25, 0.3) is 0 Å². The summed E-state index contributed by atoms with van der Waals surface area (Å²) >= 11 is 7.85. The Balaban J connectivity index is 2.07. The van der Waals surface area contributed by atoms with E-state index in [-0.39, 0.29) is 11.1 Å². The number of hydrogen-bond acceptors (Lipinski definition) is 3. The standard InChI is InChI=1S/C15H21ClFNOS/c1-10(2)20-9-14(11-6-7-18-8-11)19-13-5-3-4-12(17)15(13)16/h3-5,10-11,14,18H,6-9H2,1-2H3/t11-,14-/m0/s1. The first kappa shape index (κ1) is 15.9. The van der Waals surface area contributed by atoms with Crippen molar-refractivity contribution in [3.05, 3.63) is 29.0 Å². The summed E-state index contributed by atoms with van der Waals surface area (Å²) < 4.78 is 19.5. The molecule has 1 N–H and O–H groups in total. The van der Waals surface area contributed by atoms with Crippen LogP contribution in [-0.2, 0) is 0 Å². The molecule has 0 saturated carbocycles. The molecule has 0 bridgehead atoms. The highest BCUT2D eigenvalue weighted by Gasteiger charge is 2.27. The molecule has 1 fully saturated rings. The molecule has 5 heteroatoms. The van der Waals surface area contributed by atoms with Gasteiger partial charge in [-0.3, -0.25) is 0 Å². The molecule has 1 aromatic carbocycles. The van der Waals surface area contributed by atoms with E-state index in [2.05, 4.69) is 19.2 Å². The van der Waals surface area contributed by atoms with Crippen LogP contribution in [0.15, 0.2) is 18.2 Å². The van der Waals surface area contributed by atoms with Crippen molar-refractivity contribution in [2.45, 2.75) is 31.6 Å².